The number of nitrogens with two attached hydrogens (primary N) is 1. The van der Waals surface area contributed by atoms with Crippen LogP contribution >= 0.6 is 0 Å². The predicted molar refractivity (Wildman–Crippen MR) is 53.8 cm³/mol. The van der Waals surface area contributed by atoms with Crippen LogP contribution in [-0.2, 0) is 19.1 Å². The van der Waals surface area contributed by atoms with Gasteiger partial charge in [0.05, 0.1) is 19.8 Å². The van der Waals surface area contributed by atoms with Gasteiger partial charge in [-0.05, 0) is 0 Å². The van der Waals surface area contributed by atoms with E-state index in [4.69, 9.17) is 20.3 Å². The molecular formula is C9H16N2O5. The van der Waals surface area contributed by atoms with E-state index in [0.29, 0.717) is 6.54 Å². The summed E-state index contributed by atoms with van der Waals surface area (Å²) in [6, 6.07) is -0.752. The van der Waals surface area contributed by atoms with Crippen LogP contribution in [0.25, 0.3) is 0 Å². The van der Waals surface area contributed by atoms with Gasteiger partial charge in [0.25, 0.3) is 0 Å². The van der Waals surface area contributed by atoms with E-state index < -0.39 is 18.1 Å². The molecule has 0 bridgehead atoms. The van der Waals surface area contributed by atoms with Gasteiger partial charge >= 0.3 is 5.97 Å². The molecule has 1 fully saturated rings. The number of carboxylic acid groups (broad SMARTS) is 1. The van der Waals surface area contributed by atoms with Crippen molar-refractivity contribution in [2.45, 2.75) is 12.1 Å². The molecule has 3 N–H and O–H groups in total. The zero-order valence-electron chi connectivity index (χ0n) is 9.09. The summed E-state index contributed by atoms with van der Waals surface area (Å²) in [5, 5.41) is 8.76. The molecule has 0 aliphatic carbocycles. The molecule has 7 nitrogen and oxygen atoms in total. The molecule has 1 aliphatic heterocycles. The molecule has 1 saturated heterocycles. The molecule has 1 aliphatic rings. The molecule has 0 aromatic heterocycles. The molecular weight excluding hydrogens is 216 g/mol. The number of carbonyl (C=O) groups excluding carboxylic acids is 1. The number of hydrogen-bond acceptors (Lipinski definition) is 5. The largest absolute Gasteiger partial charge is 0.479 e. The zero-order valence-corrected chi connectivity index (χ0v) is 9.09. The van der Waals surface area contributed by atoms with Gasteiger partial charge < -0.3 is 25.2 Å². The van der Waals surface area contributed by atoms with Crippen molar-refractivity contribution in [2.75, 3.05) is 33.4 Å². The number of methoxy groups -OCH3 is 1. The van der Waals surface area contributed by atoms with Crippen LogP contribution in [0.1, 0.15) is 0 Å². The summed E-state index contributed by atoms with van der Waals surface area (Å²) in [6.07, 6.45) is -0.965. The summed E-state index contributed by atoms with van der Waals surface area (Å²) in [4.78, 5) is 23.8. The lowest BCUT2D eigenvalue weighted by Crippen LogP contribution is -2.54. The molecule has 1 amide bonds. The highest BCUT2D eigenvalue weighted by Crippen LogP contribution is 2.06. The summed E-state index contributed by atoms with van der Waals surface area (Å²) in [5.74, 6) is -1.38. The van der Waals surface area contributed by atoms with Crippen molar-refractivity contribution >= 4 is 11.9 Å². The second kappa shape index (κ2) is 5.78. The van der Waals surface area contributed by atoms with Gasteiger partial charge in [-0.3, -0.25) is 4.79 Å². The van der Waals surface area contributed by atoms with Crippen LogP contribution in [0.15, 0.2) is 0 Å². The Morgan fingerprint density at radius 3 is 2.94 bits per heavy atom. The van der Waals surface area contributed by atoms with Crippen molar-refractivity contribution in [3.63, 3.8) is 0 Å². The van der Waals surface area contributed by atoms with E-state index in [1.165, 1.54) is 12.0 Å². The standard InChI is InChI=1S/C9H16N2O5/c1-15-5-6(10)8(12)11-2-3-16-7(4-11)9(13)14/h6-7H,2-5,10H2,1H3,(H,13,14). The van der Waals surface area contributed by atoms with Gasteiger partial charge in [-0.25, -0.2) is 4.79 Å². The number of rotatable bonds is 4. The average Bonchev–Trinajstić information content (AvgIpc) is 2.28. The summed E-state index contributed by atoms with van der Waals surface area (Å²) in [5.41, 5.74) is 5.58. The molecule has 1 rings (SSSR count). The molecule has 0 aromatic rings. The quantitative estimate of drug-likeness (QED) is 0.597. The second-order valence-electron chi connectivity index (χ2n) is 3.54. The molecule has 16 heavy (non-hydrogen) atoms. The van der Waals surface area contributed by atoms with Gasteiger partial charge in [0.1, 0.15) is 6.04 Å². The Kier molecular flexibility index (Phi) is 4.66. The van der Waals surface area contributed by atoms with Crippen LogP contribution in [0.3, 0.4) is 0 Å². The van der Waals surface area contributed by atoms with Crippen LogP contribution in [0.5, 0.6) is 0 Å². The van der Waals surface area contributed by atoms with E-state index in [0.717, 1.165) is 0 Å². The van der Waals surface area contributed by atoms with E-state index in [-0.39, 0.29) is 25.7 Å². The maximum Gasteiger partial charge on any atom is 0.334 e. The van der Waals surface area contributed by atoms with Gasteiger partial charge in [-0.15, -0.1) is 0 Å². The molecule has 0 saturated carbocycles. The lowest BCUT2D eigenvalue weighted by molar-refractivity contribution is -0.160. The SMILES string of the molecule is COCC(N)C(=O)N1CCOC(C(=O)O)C1. The van der Waals surface area contributed by atoms with Crippen molar-refractivity contribution in [1.29, 1.82) is 0 Å². The predicted octanol–water partition coefficient (Wildman–Crippen LogP) is -1.73. The minimum absolute atomic E-state index is 0.0333. The minimum atomic E-state index is -1.07. The Bertz CT molecular complexity index is 271. The Hall–Kier alpha value is -1.18. The molecule has 7 heteroatoms. The van der Waals surface area contributed by atoms with Crippen molar-refractivity contribution in [3.05, 3.63) is 0 Å². The number of aliphatic carboxylic acids is 1. The number of amides is 1. The van der Waals surface area contributed by atoms with E-state index >= 15 is 0 Å². The Morgan fingerprint density at radius 1 is 1.69 bits per heavy atom. The van der Waals surface area contributed by atoms with E-state index in [2.05, 4.69) is 0 Å². The first kappa shape index (κ1) is 12.9. The maximum atomic E-state index is 11.7. The second-order valence-corrected chi connectivity index (χ2v) is 3.54. The summed E-state index contributed by atoms with van der Waals surface area (Å²) in [6.45, 7) is 0.724. The number of ether oxygens (including phenoxy) is 2. The van der Waals surface area contributed by atoms with Crippen molar-refractivity contribution < 1.29 is 24.2 Å². The molecule has 2 unspecified atom stereocenters. The summed E-state index contributed by atoms with van der Waals surface area (Å²) < 4.78 is 9.76. The number of hydrogen-bond donors (Lipinski definition) is 2. The monoisotopic (exact) mass is 232 g/mol. The third-order valence-electron chi connectivity index (χ3n) is 2.32. The lowest BCUT2D eigenvalue weighted by atomic mass is 10.2. The minimum Gasteiger partial charge on any atom is -0.479 e. The highest BCUT2D eigenvalue weighted by Gasteiger charge is 2.30. The highest BCUT2D eigenvalue weighted by atomic mass is 16.5. The van der Waals surface area contributed by atoms with Crippen LogP contribution in [0.4, 0.5) is 0 Å². The number of morpholine rings is 1. The number of nitrogens with zero attached hydrogens (tertiary/aromatic N) is 1. The maximum absolute atomic E-state index is 11.7. The van der Waals surface area contributed by atoms with Crippen molar-refractivity contribution in [3.8, 4) is 0 Å². The van der Waals surface area contributed by atoms with E-state index in [1.54, 1.807) is 0 Å². The van der Waals surface area contributed by atoms with Crippen molar-refractivity contribution in [2.24, 2.45) is 5.73 Å². The Labute approximate surface area is 93.1 Å². The number of carboxylic acids is 1. The summed E-state index contributed by atoms with van der Waals surface area (Å²) in [7, 11) is 1.45. The number of carbonyl (C=O) groups is 2. The molecule has 1 heterocycles. The molecule has 0 aromatic carbocycles. The topological polar surface area (TPSA) is 102 Å². The third-order valence-corrected chi connectivity index (χ3v) is 2.32. The Morgan fingerprint density at radius 2 is 2.38 bits per heavy atom. The first-order chi connectivity index (χ1) is 7.56. The first-order valence-electron chi connectivity index (χ1n) is 4.94. The van der Waals surface area contributed by atoms with Gasteiger partial charge in [-0.2, -0.15) is 0 Å². The first-order valence-corrected chi connectivity index (χ1v) is 4.94. The van der Waals surface area contributed by atoms with Gasteiger partial charge in [0.15, 0.2) is 6.10 Å². The fourth-order valence-electron chi connectivity index (χ4n) is 1.48. The smallest absolute Gasteiger partial charge is 0.334 e. The van der Waals surface area contributed by atoms with E-state index in [1.807, 2.05) is 0 Å². The lowest BCUT2D eigenvalue weighted by Gasteiger charge is -2.32. The van der Waals surface area contributed by atoms with Gasteiger partial charge in [-0.1, -0.05) is 0 Å². The van der Waals surface area contributed by atoms with Crippen LogP contribution < -0.4 is 5.73 Å². The van der Waals surface area contributed by atoms with Gasteiger partial charge in [0, 0.05) is 13.7 Å². The van der Waals surface area contributed by atoms with Crippen molar-refractivity contribution in [1.82, 2.24) is 4.90 Å². The fraction of sp³-hybridized carbons (Fsp3) is 0.778. The molecule has 92 valence electrons. The summed E-state index contributed by atoms with van der Waals surface area (Å²) >= 11 is 0. The van der Waals surface area contributed by atoms with Crippen LogP contribution in [0.2, 0.25) is 0 Å². The average molecular weight is 232 g/mol. The zero-order chi connectivity index (χ0) is 12.1. The Balaban J connectivity index is 2.53. The molecule has 0 radical (unpaired) electrons. The molecule has 0 spiro atoms. The van der Waals surface area contributed by atoms with E-state index in [9.17, 15) is 9.59 Å². The normalized spacial score (nSPS) is 22.9. The fourth-order valence-corrected chi connectivity index (χ4v) is 1.48. The van der Waals surface area contributed by atoms with Gasteiger partial charge in [0.2, 0.25) is 5.91 Å². The van der Waals surface area contributed by atoms with Crippen LogP contribution in [-0.4, -0.2) is 67.4 Å². The third kappa shape index (κ3) is 3.16. The highest BCUT2D eigenvalue weighted by molar-refractivity contribution is 5.83. The van der Waals surface area contributed by atoms with Crippen LogP contribution in [0, 0.1) is 0 Å². The molecule has 2 atom stereocenters.